The van der Waals surface area contributed by atoms with Crippen LogP contribution < -0.4 is 20.1 Å². The van der Waals surface area contributed by atoms with Crippen molar-refractivity contribution in [2.45, 2.75) is 12.8 Å². The number of nitrogens with zero attached hydrogens (tertiary/aromatic N) is 2. The summed E-state index contributed by atoms with van der Waals surface area (Å²) in [4.78, 5) is 11.9. The second-order valence-corrected chi connectivity index (χ2v) is 5.11. The highest BCUT2D eigenvalue weighted by atomic mass is 16.5. The van der Waals surface area contributed by atoms with Crippen LogP contribution in [0, 0.1) is 0 Å². The number of aryl methyl sites for hydroxylation is 2. The summed E-state index contributed by atoms with van der Waals surface area (Å²) in [6.45, 7) is 0.585. The van der Waals surface area contributed by atoms with Crippen LogP contribution in [0.1, 0.15) is 12.0 Å². The summed E-state index contributed by atoms with van der Waals surface area (Å²) in [6, 6.07) is 4.96. The van der Waals surface area contributed by atoms with Gasteiger partial charge in [-0.25, -0.2) is 4.79 Å². The van der Waals surface area contributed by atoms with E-state index in [4.69, 9.17) is 9.47 Å². The van der Waals surface area contributed by atoms with Crippen molar-refractivity contribution < 1.29 is 14.3 Å². The van der Waals surface area contributed by atoms with Crippen LogP contribution in [0.5, 0.6) is 11.5 Å². The fourth-order valence-corrected chi connectivity index (χ4v) is 2.15. The lowest BCUT2D eigenvalue weighted by Crippen LogP contribution is -2.29. The smallest absolute Gasteiger partial charge is 0.319 e. The van der Waals surface area contributed by atoms with Crippen molar-refractivity contribution in [2.24, 2.45) is 7.05 Å². The summed E-state index contributed by atoms with van der Waals surface area (Å²) < 4.78 is 12.1. The second kappa shape index (κ2) is 8.07. The van der Waals surface area contributed by atoms with Gasteiger partial charge >= 0.3 is 6.03 Å². The molecule has 7 heteroatoms. The Balaban J connectivity index is 1.78. The molecule has 0 saturated carbocycles. The number of hydrogen-bond acceptors (Lipinski definition) is 4. The molecule has 0 atom stereocenters. The van der Waals surface area contributed by atoms with Gasteiger partial charge in [-0.15, -0.1) is 0 Å². The van der Waals surface area contributed by atoms with E-state index in [1.807, 2.05) is 19.4 Å². The molecule has 0 unspecified atom stereocenters. The molecule has 0 bridgehead atoms. The fraction of sp³-hybridized carbons (Fsp3) is 0.375. The van der Waals surface area contributed by atoms with Gasteiger partial charge in [-0.3, -0.25) is 4.68 Å². The first-order chi connectivity index (χ1) is 11.1. The monoisotopic (exact) mass is 318 g/mol. The molecule has 23 heavy (non-hydrogen) atoms. The molecule has 0 fully saturated rings. The van der Waals surface area contributed by atoms with E-state index < -0.39 is 0 Å². The predicted octanol–water partition coefficient (Wildman–Crippen LogP) is 2.19. The summed E-state index contributed by atoms with van der Waals surface area (Å²) in [5.41, 5.74) is 1.78. The maximum atomic E-state index is 11.9. The lowest BCUT2D eigenvalue weighted by Gasteiger charge is -2.10. The third-order valence-electron chi connectivity index (χ3n) is 3.30. The first-order valence-corrected chi connectivity index (χ1v) is 7.36. The van der Waals surface area contributed by atoms with Crippen LogP contribution in [-0.2, 0) is 13.5 Å². The number of benzene rings is 1. The molecule has 7 nitrogen and oxygen atoms in total. The average Bonchev–Trinajstić information content (AvgIpc) is 2.96. The van der Waals surface area contributed by atoms with Gasteiger partial charge in [-0.05, 0) is 18.4 Å². The Labute approximate surface area is 135 Å². The Bertz CT molecular complexity index is 632. The molecule has 0 aliphatic heterocycles. The van der Waals surface area contributed by atoms with Crippen molar-refractivity contribution >= 4 is 11.7 Å². The van der Waals surface area contributed by atoms with Gasteiger partial charge in [0.15, 0.2) is 0 Å². The molecule has 0 aliphatic rings. The number of nitrogens with one attached hydrogen (secondary N) is 2. The largest absolute Gasteiger partial charge is 0.497 e. The van der Waals surface area contributed by atoms with Crippen LogP contribution in [0.25, 0.3) is 0 Å². The Morgan fingerprint density at radius 1 is 1.22 bits per heavy atom. The van der Waals surface area contributed by atoms with Crippen LogP contribution >= 0.6 is 0 Å². The zero-order valence-corrected chi connectivity index (χ0v) is 13.6. The third kappa shape index (κ3) is 5.21. The number of anilines is 1. The molecule has 124 valence electrons. The maximum Gasteiger partial charge on any atom is 0.319 e. The summed E-state index contributed by atoms with van der Waals surface area (Å²) in [5, 5.41) is 9.70. The highest BCUT2D eigenvalue weighted by molar-refractivity contribution is 5.89. The van der Waals surface area contributed by atoms with Crippen molar-refractivity contribution in [1.82, 2.24) is 15.1 Å². The van der Waals surface area contributed by atoms with Gasteiger partial charge in [-0.1, -0.05) is 0 Å². The lowest BCUT2D eigenvalue weighted by atomic mass is 10.2. The molecule has 1 aromatic carbocycles. The molecule has 2 N–H and O–H groups in total. The lowest BCUT2D eigenvalue weighted by molar-refractivity contribution is 0.252. The zero-order valence-electron chi connectivity index (χ0n) is 13.6. The number of carbonyl (C=O) groups is 1. The molecule has 2 rings (SSSR count). The van der Waals surface area contributed by atoms with E-state index in [2.05, 4.69) is 15.7 Å². The first kappa shape index (κ1) is 16.7. The molecule has 0 radical (unpaired) electrons. The summed E-state index contributed by atoms with van der Waals surface area (Å²) in [7, 11) is 5.02. The van der Waals surface area contributed by atoms with E-state index in [0.717, 1.165) is 18.4 Å². The van der Waals surface area contributed by atoms with Crippen molar-refractivity contribution in [3.05, 3.63) is 36.2 Å². The number of amides is 2. The van der Waals surface area contributed by atoms with E-state index in [-0.39, 0.29) is 6.03 Å². The fourth-order valence-electron chi connectivity index (χ4n) is 2.15. The molecule has 2 amide bonds. The number of ether oxygens (including phenoxy) is 2. The van der Waals surface area contributed by atoms with E-state index in [1.54, 1.807) is 37.1 Å². The van der Waals surface area contributed by atoms with Crippen LogP contribution in [0.2, 0.25) is 0 Å². The van der Waals surface area contributed by atoms with Gasteiger partial charge in [-0.2, -0.15) is 5.10 Å². The minimum atomic E-state index is -0.258. The Hall–Kier alpha value is -2.70. The van der Waals surface area contributed by atoms with E-state index in [1.165, 1.54) is 0 Å². The molecular weight excluding hydrogens is 296 g/mol. The van der Waals surface area contributed by atoms with Gasteiger partial charge in [0.1, 0.15) is 11.5 Å². The van der Waals surface area contributed by atoms with Crippen molar-refractivity contribution in [3.8, 4) is 11.5 Å². The van der Waals surface area contributed by atoms with Crippen molar-refractivity contribution in [1.29, 1.82) is 0 Å². The quantitative estimate of drug-likeness (QED) is 0.767. The van der Waals surface area contributed by atoms with Gasteiger partial charge in [0, 0.05) is 43.7 Å². The summed E-state index contributed by atoms with van der Waals surface area (Å²) in [5.74, 6) is 1.24. The van der Waals surface area contributed by atoms with Gasteiger partial charge in [0.05, 0.1) is 20.4 Å². The Morgan fingerprint density at radius 2 is 1.91 bits per heavy atom. The number of carbonyl (C=O) groups excluding carboxylic acids is 1. The van der Waals surface area contributed by atoms with E-state index >= 15 is 0 Å². The average molecular weight is 318 g/mol. The zero-order chi connectivity index (χ0) is 16.7. The minimum absolute atomic E-state index is 0.258. The Morgan fingerprint density at radius 3 is 2.48 bits per heavy atom. The molecule has 1 heterocycles. The topological polar surface area (TPSA) is 77.4 Å². The van der Waals surface area contributed by atoms with Gasteiger partial charge in [0.2, 0.25) is 0 Å². The molecule has 2 aromatic rings. The molecular formula is C16H22N4O3. The van der Waals surface area contributed by atoms with Crippen LogP contribution in [0.15, 0.2) is 30.6 Å². The standard InChI is InChI=1S/C16H22N4O3/c1-20-11-12(10-18-20)5-4-6-17-16(21)19-13-7-14(22-2)9-15(8-13)23-3/h7-11H,4-6H2,1-3H3,(H2,17,19,21). The number of hydrogen-bond donors (Lipinski definition) is 2. The summed E-state index contributed by atoms with van der Waals surface area (Å²) in [6.07, 6.45) is 5.53. The predicted molar refractivity (Wildman–Crippen MR) is 88.1 cm³/mol. The third-order valence-corrected chi connectivity index (χ3v) is 3.30. The minimum Gasteiger partial charge on any atom is -0.497 e. The van der Waals surface area contributed by atoms with Gasteiger partial charge < -0.3 is 20.1 Å². The highest BCUT2D eigenvalue weighted by Crippen LogP contribution is 2.25. The first-order valence-electron chi connectivity index (χ1n) is 7.36. The number of rotatable bonds is 7. The van der Waals surface area contributed by atoms with Crippen LogP contribution in [0.3, 0.4) is 0 Å². The van der Waals surface area contributed by atoms with Crippen molar-refractivity contribution in [3.63, 3.8) is 0 Å². The normalized spacial score (nSPS) is 10.2. The second-order valence-electron chi connectivity index (χ2n) is 5.11. The SMILES string of the molecule is COc1cc(NC(=O)NCCCc2cnn(C)c2)cc(OC)c1. The molecule has 0 saturated heterocycles. The number of urea groups is 1. The number of methoxy groups -OCH3 is 2. The molecule has 1 aromatic heterocycles. The summed E-state index contributed by atoms with van der Waals surface area (Å²) >= 11 is 0. The molecule has 0 aliphatic carbocycles. The van der Waals surface area contributed by atoms with Crippen LogP contribution in [-0.4, -0.2) is 36.6 Å². The van der Waals surface area contributed by atoms with Crippen LogP contribution in [0.4, 0.5) is 10.5 Å². The van der Waals surface area contributed by atoms with E-state index in [9.17, 15) is 4.79 Å². The number of aromatic nitrogens is 2. The highest BCUT2D eigenvalue weighted by Gasteiger charge is 2.06. The maximum absolute atomic E-state index is 11.9. The Kier molecular flexibility index (Phi) is 5.85. The van der Waals surface area contributed by atoms with E-state index in [0.29, 0.717) is 23.7 Å². The molecule has 0 spiro atoms. The van der Waals surface area contributed by atoms with Gasteiger partial charge in [0.25, 0.3) is 0 Å². The van der Waals surface area contributed by atoms with Crippen molar-refractivity contribution in [2.75, 3.05) is 26.1 Å².